The van der Waals surface area contributed by atoms with E-state index in [1.165, 1.54) is 9.13 Å². The largest absolute Gasteiger partial charge is 0.497 e. The molecule has 0 radical (unpaired) electrons. The molecule has 176 valence electrons. The lowest BCUT2D eigenvalue weighted by molar-refractivity contribution is -0.121. The van der Waals surface area contributed by atoms with E-state index < -0.39 is 11.2 Å². The first-order valence-electron chi connectivity index (χ1n) is 11.1. The van der Waals surface area contributed by atoms with Crippen molar-refractivity contribution in [1.29, 1.82) is 0 Å². The fourth-order valence-electron chi connectivity index (χ4n) is 4.03. The van der Waals surface area contributed by atoms with Crippen molar-refractivity contribution in [2.24, 2.45) is 0 Å². The molecule has 0 saturated carbocycles. The second kappa shape index (κ2) is 9.78. The molecular formula is C25H27N5O4. The van der Waals surface area contributed by atoms with Gasteiger partial charge in [-0.2, -0.15) is 5.10 Å². The number of carbonyl (C=O) groups is 1. The number of carbonyl (C=O) groups excluding carboxylic acids is 1. The Labute approximate surface area is 196 Å². The van der Waals surface area contributed by atoms with Crippen LogP contribution in [0.5, 0.6) is 5.75 Å². The topological polar surface area (TPSA) is 100 Å². The quantitative estimate of drug-likeness (QED) is 0.433. The van der Waals surface area contributed by atoms with E-state index in [-0.39, 0.29) is 25.5 Å². The molecule has 9 heteroatoms. The van der Waals surface area contributed by atoms with Crippen molar-refractivity contribution >= 4 is 16.9 Å². The highest BCUT2D eigenvalue weighted by Gasteiger charge is 2.21. The zero-order valence-corrected chi connectivity index (χ0v) is 19.4. The molecule has 34 heavy (non-hydrogen) atoms. The summed E-state index contributed by atoms with van der Waals surface area (Å²) in [6, 6.07) is 16.7. The first-order chi connectivity index (χ1) is 16.4. The summed E-state index contributed by atoms with van der Waals surface area (Å²) in [6.45, 7) is 4.23. The molecule has 2 heterocycles. The standard InChI is InChI=1S/C25H27N5O4/c1-4-30-23-22(17(2)27-30)28(16-21(31)26-14-19-11-8-12-20(13-19)34-3)25(33)29(24(23)32)15-18-9-6-5-7-10-18/h5-13H,4,14-16H2,1-3H3,(H,26,31). The lowest BCUT2D eigenvalue weighted by Crippen LogP contribution is -2.43. The SMILES string of the molecule is CCn1nc(C)c2c1c(=O)n(Cc1ccccc1)c(=O)n2CC(=O)NCc1cccc(OC)c1. The summed E-state index contributed by atoms with van der Waals surface area (Å²) in [7, 11) is 1.58. The van der Waals surface area contributed by atoms with E-state index in [0.29, 0.717) is 29.0 Å². The molecule has 1 N–H and O–H groups in total. The number of amides is 1. The summed E-state index contributed by atoms with van der Waals surface area (Å²) >= 11 is 0. The van der Waals surface area contributed by atoms with Gasteiger partial charge in [0.15, 0.2) is 5.52 Å². The number of aromatic nitrogens is 4. The third kappa shape index (κ3) is 4.50. The summed E-state index contributed by atoms with van der Waals surface area (Å²) in [6.07, 6.45) is 0. The minimum Gasteiger partial charge on any atom is -0.497 e. The van der Waals surface area contributed by atoms with Crippen LogP contribution in [0, 0.1) is 6.92 Å². The number of methoxy groups -OCH3 is 1. The Bertz CT molecular complexity index is 1450. The van der Waals surface area contributed by atoms with Gasteiger partial charge in [-0.25, -0.2) is 4.79 Å². The normalized spacial score (nSPS) is 11.0. The maximum absolute atomic E-state index is 13.4. The summed E-state index contributed by atoms with van der Waals surface area (Å²) in [5, 5.41) is 7.28. The van der Waals surface area contributed by atoms with Gasteiger partial charge in [0, 0.05) is 13.1 Å². The van der Waals surface area contributed by atoms with E-state index in [4.69, 9.17) is 4.74 Å². The second-order valence-corrected chi connectivity index (χ2v) is 7.97. The fourth-order valence-corrected chi connectivity index (χ4v) is 4.03. The van der Waals surface area contributed by atoms with Gasteiger partial charge in [-0.3, -0.25) is 23.4 Å². The van der Waals surface area contributed by atoms with Crippen LogP contribution >= 0.6 is 0 Å². The molecule has 0 bridgehead atoms. The molecule has 0 spiro atoms. The van der Waals surface area contributed by atoms with Gasteiger partial charge in [0.05, 0.1) is 19.3 Å². The van der Waals surface area contributed by atoms with E-state index in [0.717, 1.165) is 11.1 Å². The number of hydrogen-bond donors (Lipinski definition) is 1. The van der Waals surface area contributed by atoms with Crippen molar-refractivity contribution in [3.63, 3.8) is 0 Å². The average molecular weight is 462 g/mol. The monoisotopic (exact) mass is 461 g/mol. The van der Waals surface area contributed by atoms with Gasteiger partial charge < -0.3 is 10.1 Å². The van der Waals surface area contributed by atoms with Crippen molar-refractivity contribution in [2.75, 3.05) is 7.11 Å². The van der Waals surface area contributed by atoms with Gasteiger partial charge in [-0.1, -0.05) is 42.5 Å². The first kappa shape index (κ1) is 23.0. The molecule has 0 unspecified atom stereocenters. The molecule has 0 fully saturated rings. The zero-order valence-electron chi connectivity index (χ0n) is 19.4. The molecule has 4 aromatic rings. The number of aryl methyl sites for hydroxylation is 2. The van der Waals surface area contributed by atoms with Crippen LogP contribution in [0.1, 0.15) is 23.7 Å². The van der Waals surface area contributed by atoms with Gasteiger partial charge in [0.2, 0.25) is 5.91 Å². The van der Waals surface area contributed by atoms with Crippen LogP contribution in [0.3, 0.4) is 0 Å². The molecule has 2 aromatic heterocycles. The first-order valence-corrected chi connectivity index (χ1v) is 11.1. The lowest BCUT2D eigenvalue weighted by Gasteiger charge is -2.13. The molecule has 2 aromatic carbocycles. The third-order valence-electron chi connectivity index (χ3n) is 5.68. The van der Waals surface area contributed by atoms with Crippen LogP contribution in [0.25, 0.3) is 11.0 Å². The minimum absolute atomic E-state index is 0.105. The van der Waals surface area contributed by atoms with Crippen molar-refractivity contribution < 1.29 is 9.53 Å². The number of benzene rings is 2. The Morgan fingerprint density at radius 1 is 1.00 bits per heavy atom. The molecule has 0 saturated heterocycles. The maximum atomic E-state index is 13.4. The Morgan fingerprint density at radius 3 is 2.44 bits per heavy atom. The van der Waals surface area contributed by atoms with E-state index in [1.54, 1.807) is 18.7 Å². The smallest absolute Gasteiger partial charge is 0.332 e. The van der Waals surface area contributed by atoms with Crippen molar-refractivity contribution in [1.82, 2.24) is 24.2 Å². The van der Waals surface area contributed by atoms with Gasteiger partial charge in [-0.15, -0.1) is 0 Å². The van der Waals surface area contributed by atoms with E-state index in [9.17, 15) is 14.4 Å². The number of fused-ring (bicyclic) bond motifs is 1. The Kier molecular flexibility index (Phi) is 6.62. The molecule has 1 amide bonds. The molecule has 0 aliphatic heterocycles. The van der Waals surface area contributed by atoms with E-state index >= 15 is 0 Å². The number of rotatable bonds is 8. The fraction of sp³-hybridized carbons (Fsp3) is 0.280. The molecule has 0 atom stereocenters. The van der Waals surface area contributed by atoms with Gasteiger partial charge in [0.1, 0.15) is 17.8 Å². The van der Waals surface area contributed by atoms with Crippen molar-refractivity contribution in [3.05, 3.63) is 92.3 Å². The molecular weight excluding hydrogens is 434 g/mol. The third-order valence-corrected chi connectivity index (χ3v) is 5.68. The van der Waals surface area contributed by atoms with Crippen molar-refractivity contribution in [3.8, 4) is 5.75 Å². The lowest BCUT2D eigenvalue weighted by atomic mass is 10.2. The highest BCUT2D eigenvalue weighted by Crippen LogP contribution is 2.15. The van der Waals surface area contributed by atoms with E-state index in [1.807, 2.05) is 61.5 Å². The van der Waals surface area contributed by atoms with Gasteiger partial charge >= 0.3 is 5.69 Å². The average Bonchev–Trinajstić information content (AvgIpc) is 3.20. The maximum Gasteiger partial charge on any atom is 0.332 e. The van der Waals surface area contributed by atoms with Crippen LogP contribution in [-0.4, -0.2) is 31.9 Å². The zero-order chi connectivity index (χ0) is 24.2. The van der Waals surface area contributed by atoms with Crippen LogP contribution in [0.4, 0.5) is 0 Å². The second-order valence-electron chi connectivity index (χ2n) is 7.97. The summed E-state index contributed by atoms with van der Waals surface area (Å²) in [5.74, 6) is 0.347. The molecule has 4 rings (SSSR count). The number of hydrogen-bond acceptors (Lipinski definition) is 5. The Balaban J connectivity index is 1.72. The number of ether oxygens (including phenoxy) is 1. The summed E-state index contributed by atoms with van der Waals surface area (Å²) < 4.78 is 9.31. The van der Waals surface area contributed by atoms with Crippen LogP contribution in [0.2, 0.25) is 0 Å². The predicted octanol–water partition coefficient (Wildman–Crippen LogP) is 2.06. The van der Waals surface area contributed by atoms with Crippen LogP contribution in [0.15, 0.2) is 64.2 Å². The summed E-state index contributed by atoms with van der Waals surface area (Å²) in [5.41, 5.74) is 1.95. The molecule has 0 aliphatic carbocycles. The van der Waals surface area contributed by atoms with Crippen LogP contribution < -0.4 is 21.3 Å². The Hall–Kier alpha value is -4.14. The van der Waals surface area contributed by atoms with Gasteiger partial charge in [0.25, 0.3) is 5.56 Å². The summed E-state index contributed by atoms with van der Waals surface area (Å²) in [4.78, 5) is 39.6. The van der Waals surface area contributed by atoms with Gasteiger partial charge in [-0.05, 0) is 37.1 Å². The van der Waals surface area contributed by atoms with E-state index in [2.05, 4.69) is 10.4 Å². The highest BCUT2D eigenvalue weighted by molar-refractivity contribution is 5.81. The van der Waals surface area contributed by atoms with Crippen molar-refractivity contribution in [2.45, 2.75) is 40.0 Å². The highest BCUT2D eigenvalue weighted by atomic mass is 16.5. The van der Waals surface area contributed by atoms with Crippen LogP contribution in [-0.2, 0) is 31.0 Å². The number of nitrogens with one attached hydrogen (secondary N) is 1. The predicted molar refractivity (Wildman–Crippen MR) is 129 cm³/mol. The minimum atomic E-state index is -0.545. The number of nitrogens with zero attached hydrogens (tertiary/aromatic N) is 4. The molecule has 9 nitrogen and oxygen atoms in total. The Morgan fingerprint density at radius 2 is 1.74 bits per heavy atom. The molecule has 0 aliphatic rings.